The average molecular weight is 244 g/mol. The minimum Gasteiger partial charge on any atom is -0.480 e. The second-order valence-corrected chi connectivity index (χ2v) is 4.76. The van der Waals surface area contributed by atoms with Crippen LogP contribution < -0.4 is 5.32 Å². The molecule has 0 spiro atoms. The molecular formula is C11H20N2O4. The van der Waals surface area contributed by atoms with Crippen LogP contribution in [0, 0.1) is 11.8 Å². The SMILES string of the molecule is CC(C)C1CCN(C(=O)N[C@@H](CO)C(=O)O)C1. The van der Waals surface area contributed by atoms with Gasteiger partial charge in [0.1, 0.15) is 0 Å². The lowest BCUT2D eigenvalue weighted by Crippen LogP contribution is -2.49. The molecular weight excluding hydrogens is 224 g/mol. The van der Waals surface area contributed by atoms with Crippen LogP contribution in [0.3, 0.4) is 0 Å². The van der Waals surface area contributed by atoms with Crippen LogP contribution in [0.15, 0.2) is 0 Å². The Bertz CT molecular complexity index is 293. The highest BCUT2D eigenvalue weighted by Crippen LogP contribution is 2.23. The molecule has 0 aromatic heterocycles. The Hall–Kier alpha value is -1.30. The zero-order chi connectivity index (χ0) is 13.0. The predicted molar refractivity (Wildman–Crippen MR) is 61.6 cm³/mol. The number of carbonyl (C=O) groups is 2. The highest BCUT2D eigenvalue weighted by atomic mass is 16.4. The molecule has 0 saturated carbocycles. The minimum absolute atomic E-state index is 0.408. The lowest BCUT2D eigenvalue weighted by Gasteiger charge is -2.20. The van der Waals surface area contributed by atoms with Gasteiger partial charge in [-0.15, -0.1) is 0 Å². The third kappa shape index (κ3) is 3.59. The summed E-state index contributed by atoms with van der Waals surface area (Å²) in [5.41, 5.74) is 0. The van der Waals surface area contributed by atoms with Gasteiger partial charge >= 0.3 is 12.0 Å². The van der Waals surface area contributed by atoms with Gasteiger partial charge in [-0.1, -0.05) is 13.8 Å². The Morgan fingerprint density at radius 1 is 1.47 bits per heavy atom. The van der Waals surface area contributed by atoms with E-state index >= 15 is 0 Å². The van der Waals surface area contributed by atoms with E-state index in [2.05, 4.69) is 19.2 Å². The molecule has 1 aliphatic rings. The lowest BCUT2D eigenvalue weighted by molar-refractivity contribution is -0.140. The summed E-state index contributed by atoms with van der Waals surface area (Å²) >= 11 is 0. The molecule has 0 radical (unpaired) electrons. The molecule has 1 heterocycles. The zero-order valence-electron chi connectivity index (χ0n) is 10.2. The van der Waals surface area contributed by atoms with Crippen molar-refractivity contribution in [2.45, 2.75) is 26.3 Å². The third-order valence-corrected chi connectivity index (χ3v) is 3.23. The van der Waals surface area contributed by atoms with Gasteiger partial charge in [0.25, 0.3) is 0 Å². The highest BCUT2D eigenvalue weighted by molar-refractivity contribution is 5.82. The van der Waals surface area contributed by atoms with Crippen molar-refractivity contribution in [2.75, 3.05) is 19.7 Å². The maximum Gasteiger partial charge on any atom is 0.328 e. The molecule has 2 amide bonds. The van der Waals surface area contributed by atoms with E-state index in [0.29, 0.717) is 24.9 Å². The number of urea groups is 1. The highest BCUT2D eigenvalue weighted by Gasteiger charge is 2.30. The Labute approximate surface area is 101 Å². The smallest absolute Gasteiger partial charge is 0.328 e. The molecule has 1 rings (SSSR count). The van der Waals surface area contributed by atoms with Gasteiger partial charge in [0.15, 0.2) is 6.04 Å². The summed E-state index contributed by atoms with van der Waals surface area (Å²) in [6.45, 7) is 4.93. The summed E-state index contributed by atoms with van der Waals surface area (Å²) < 4.78 is 0. The van der Waals surface area contributed by atoms with Crippen LogP contribution in [0.25, 0.3) is 0 Å². The van der Waals surface area contributed by atoms with Gasteiger partial charge < -0.3 is 20.4 Å². The quantitative estimate of drug-likeness (QED) is 0.655. The van der Waals surface area contributed by atoms with Gasteiger partial charge in [-0.3, -0.25) is 0 Å². The van der Waals surface area contributed by atoms with Gasteiger partial charge in [-0.25, -0.2) is 9.59 Å². The minimum atomic E-state index is -1.22. The van der Waals surface area contributed by atoms with Gasteiger partial charge in [0.2, 0.25) is 0 Å². The summed E-state index contributed by atoms with van der Waals surface area (Å²) in [4.78, 5) is 24.0. The number of nitrogens with zero attached hydrogens (tertiary/aromatic N) is 1. The van der Waals surface area contributed by atoms with E-state index in [1.165, 1.54) is 0 Å². The number of aliphatic hydroxyl groups is 1. The van der Waals surface area contributed by atoms with E-state index in [4.69, 9.17) is 10.2 Å². The molecule has 0 aromatic rings. The number of hydrogen-bond donors (Lipinski definition) is 3. The monoisotopic (exact) mass is 244 g/mol. The molecule has 1 saturated heterocycles. The standard InChI is InChI=1S/C11H20N2O4/c1-7(2)8-3-4-13(5-8)11(17)12-9(6-14)10(15)16/h7-9,14H,3-6H2,1-2H3,(H,12,17)(H,15,16)/t8?,9-/m0/s1. The van der Waals surface area contributed by atoms with Crippen molar-refractivity contribution in [3.63, 3.8) is 0 Å². The number of rotatable bonds is 4. The van der Waals surface area contributed by atoms with E-state index in [1.54, 1.807) is 4.90 Å². The number of carbonyl (C=O) groups excluding carboxylic acids is 1. The fraction of sp³-hybridized carbons (Fsp3) is 0.818. The number of nitrogens with one attached hydrogen (secondary N) is 1. The fourth-order valence-corrected chi connectivity index (χ4v) is 1.94. The van der Waals surface area contributed by atoms with Crippen molar-refractivity contribution in [1.82, 2.24) is 10.2 Å². The summed E-state index contributed by atoms with van der Waals surface area (Å²) in [7, 11) is 0. The van der Waals surface area contributed by atoms with E-state index < -0.39 is 24.6 Å². The first-order valence-corrected chi connectivity index (χ1v) is 5.84. The van der Waals surface area contributed by atoms with Crippen LogP contribution in [0.4, 0.5) is 4.79 Å². The number of aliphatic carboxylic acids is 1. The molecule has 1 aliphatic heterocycles. The fourth-order valence-electron chi connectivity index (χ4n) is 1.94. The van der Waals surface area contributed by atoms with Crippen molar-refractivity contribution in [3.05, 3.63) is 0 Å². The van der Waals surface area contributed by atoms with E-state index in [-0.39, 0.29) is 0 Å². The number of carboxylic acids is 1. The van der Waals surface area contributed by atoms with Crippen LogP contribution >= 0.6 is 0 Å². The summed E-state index contributed by atoms with van der Waals surface area (Å²) in [5, 5.41) is 19.8. The van der Waals surface area contributed by atoms with Gasteiger partial charge in [0.05, 0.1) is 6.61 Å². The lowest BCUT2D eigenvalue weighted by atomic mass is 9.95. The predicted octanol–water partition coefficient (Wildman–Crippen LogP) is 0.119. The second kappa shape index (κ2) is 5.86. The van der Waals surface area contributed by atoms with E-state index in [1.807, 2.05) is 0 Å². The first-order valence-electron chi connectivity index (χ1n) is 5.84. The van der Waals surface area contributed by atoms with Crippen molar-refractivity contribution in [3.8, 4) is 0 Å². The Kier molecular flexibility index (Phi) is 4.74. The molecule has 17 heavy (non-hydrogen) atoms. The Balaban J connectivity index is 2.47. The topological polar surface area (TPSA) is 89.9 Å². The first-order chi connectivity index (χ1) is 7.95. The van der Waals surface area contributed by atoms with Crippen molar-refractivity contribution < 1.29 is 19.8 Å². The van der Waals surface area contributed by atoms with E-state index in [9.17, 15) is 9.59 Å². The van der Waals surface area contributed by atoms with Crippen LogP contribution in [0.2, 0.25) is 0 Å². The van der Waals surface area contributed by atoms with Crippen LogP contribution in [-0.2, 0) is 4.79 Å². The van der Waals surface area contributed by atoms with Crippen molar-refractivity contribution in [1.29, 1.82) is 0 Å². The summed E-state index contributed by atoms with van der Waals surface area (Å²) in [5.74, 6) is -0.237. The largest absolute Gasteiger partial charge is 0.480 e. The molecule has 3 N–H and O–H groups in total. The Morgan fingerprint density at radius 2 is 2.12 bits per heavy atom. The maximum absolute atomic E-state index is 11.7. The van der Waals surface area contributed by atoms with Gasteiger partial charge in [0, 0.05) is 13.1 Å². The van der Waals surface area contributed by atoms with Gasteiger partial charge in [-0.2, -0.15) is 0 Å². The molecule has 1 unspecified atom stereocenters. The van der Waals surface area contributed by atoms with Crippen LogP contribution in [0.5, 0.6) is 0 Å². The number of likely N-dealkylation sites (tertiary alicyclic amines) is 1. The number of aliphatic hydroxyl groups excluding tert-OH is 1. The molecule has 0 aromatic carbocycles. The number of carboxylic acid groups (broad SMARTS) is 1. The van der Waals surface area contributed by atoms with Crippen molar-refractivity contribution in [2.24, 2.45) is 11.8 Å². The summed E-state index contributed by atoms with van der Waals surface area (Å²) in [6.07, 6.45) is 0.946. The van der Waals surface area contributed by atoms with E-state index in [0.717, 1.165) is 6.42 Å². The average Bonchev–Trinajstić information content (AvgIpc) is 2.74. The molecule has 98 valence electrons. The Morgan fingerprint density at radius 3 is 2.53 bits per heavy atom. The second-order valence-electron chi connectivity index (χ2n) is 4.76. The van der Waals surface area contributed by atoms with Crippen LogP contribution in [0.1, 0.15) is 20.3 Å². The number of hydrogen-bond acceptors (Lipinski definition) is 3. The molecule has 0 aliphatic carbocycles. The van der Waals surface area contributed by atoms with Crippen LogP contribution in [-0.4, -0.2) is 52.9 Å². The molecule has 6 heteroatoms. The maximum atomic E-state index is 11.7. The van der Waals surface area contributed by atoms with Crippen molar-refractivity contribution >= 4 is 12.0 Å². The normalized spacial score (nSPS) is 21.6. The zero-order valence-corrected chi connectivity index (χ0v) is 10.2. The first kappa shape index (κ1) is 13.8. The molecule has 6 nitrogen and oxygen atoms in total. The summed E-state index contributed by atoms with van der Waals surface area (Å²) in [6, 6.07) is -1.63. The van der Waals surface area contributed by atoms with Gasteiger partial charge in [-0.05, 0) is 18.3 Å². The molecule has 2 atom stereocenters. The third-order valence-electron chi connectivity index (χ3n) is 3.23. The number of amides is 2. The molecule has 0 bridgehead atoms. The molecule has 1 fully saturated rings.